The quantitative estimate of drug-likeness (QED) is 0.288. The van der Waals surface area contributed by atoms with Crippen LogP contribution in [0.2, 0.25) is 0 Å². The number of anilines is 1. The molecule has 1 saturated heterocycles. The molecule has 1 aromatic rings. The summed E-state index contributed by atoms with van der Waals surface area (Å²) in [7, 11) is 2.08. The molecule has 0 aromatic heterocycles. The van der Waals surface area contributed by atoms with Gasteiger partial charge in [-0.3, -0.25) is 9.69 Å². The molecule has 0 unspecified atom stereocenters. The number of benzene rings is 1. The lowest BCUT2D eigenvalue weighted by molar-refractivity contribution is -0.116. The minimum absolute atomic E-state index is 0.332. The first kappa shape index (κ1) is 19.4. The summed E-state index contributed by atoms with van der Waals surface area (Å²) in [4.78, 5) is 18.6. The van der Waals surface area contributed by atoms with Crippen LogP contribution in [0.1, 0.15) is 12.0 Å². The Morgan fingerprint density at radius 2 is 1.78 bits per heavy atom. The highest BCUT2D eigenvalue weighted by Gasteiger charge is 2.16. The molecule has 6 heteroatoms. The first-order valence-electron chi connectivity index (χ1n) is 8.01. The topological polar surface area (TPSA) is 26.8 Å². The Balaban J connectivity index is 1.81. The number of hydrogen-bond donors (Lipinski definition) is 0. The minimum atomic E-state index is 0.332. The number of alkyl halides is 2. The Hall–Kier alpha value is 0.0700. The molecule has 0 radical (unpaired) electrons. The molecule has 1 fully saturated rings. The molecule has 2 rings (SSSR count). The van der Waals surface area contributed by atoms with Gasteiger partial charge in [0.25, 0.3) is 0 Å². The highest BCUT2D eigenvalue weighted by Crippen LogP contribution is 2.18. The predicted octanol–water partition coefficient (Wildman–Crippen LogP) is 3.03. The minimum Gasteiger partial charge on any atom is -0.369 e. The van der Waals surface area contributed by atoms with Gasteiger partial charge in [0.15, 0.2) is 0 Å². The van der Waals surface area contributed by atoms with Gasteiger partial charge in [0.05, 0.1) is 8.98 Å². The van der Waals surface area contributed by atoms with Crippen molar-refractivity contribution in [2.24, 2.45) is 0 Å². The van der Waals surface area contributed by atoms with Crippen LogP contribution in [-0.2, 0) is 11.3 Å². The maximum absolute atomic E-state index is 11.4. The number of halogens is 2. The molecule has 1 aliphatic heterocycles. The number of carbonyl (C=O) groups is 1. The molecule has 1 aromatic carbocycles. The molecule has 0 spiro atoms. The fraction of sp³-hybridized carbons (Fsp3) is 0.588. The second-order valence-electron chi connectivity index (χ2n) is 6.05. The van der Waals surface area contributed by atoms with E-state index in [4.69, 9.17) is 0 Å². The Morgan fingerprint density at radius 3 is 2.35 bits per heavy atom. The van der Waals surface area contributed by atoms with Crippen molar-refractivity contribution in [1.29, 1.82) is 0 Å². The lowest BCUT2D eigenvalue weighted by Gasteiger charge is -2.35. The van der Waals surface area contributed by atoms with Crippen molar-refractivity contribution >= 4 is 56.7 Å². The number of nitrogens with zero attached hydrogens (tertiary/aromatic N) is 3. The zero-order valence-corrected chi connectivity index (χ0v) is 18.0. The zero-order chi connectivity index (χ0) is 16.7. The van der Waals surface area contributed by atoms with Crippen molar-refractivity contribution in [3.63, 3.8) is 0 Å². The van der Waals surface area contributed by atoms with Crippen molar-refractivity contribution in [2.45, 2.75) is 13.0 Å². The van der Waals surface area contributed by atoms with Gasteiger partial charge in [0, 0.05) is 51.4 Å². The van der Waals surface area contributed by atoms with Crippen molar-refractivity contribution < 1.29 is 4.79 Å². The van der Waals surface area contributed by atoms with Crippen LogP contribution >= 0.6 is 45.2 Å². The van der Waals surface area contributed by atoms with Crippen LogP contribution in [-0.4, -0.2) is 64.3 Å². The fourth-order valence-electron chi connectivity index (χ4n) is 2.71. The normalized spacial score (nSPS) is 16.1. The van der Waals surface area contributed by atoms with Gasteiger partial charge < -0.3 is 9.80 Å². The van der Waals surface area contributed by atoms with Gasteiger partial charge in [-0.25, -0.2) is 0 Å². The van der Waals surface area contributed by atoms with E-state index in [1.807, 2.05) is 0 Å². The van der Waals surface area contributed by atoms with Crippen LogP contribution in [0.25, 0.3) is 0 Å². The largest absolute Gasteiger partial charge is 0.369 e. The van der Waals surface area contributed by atoms with Gasteiger partial charge in [-0.2, -0.15) is 0 Å². The number of rotatable bonds is 8. The van der Waals surface area contributed by atoms with Gasteiger partial charge in [-0.05, 0) is 24.7 Å². The Bertz CT molecular complexity index is 487. The Kier molecular flexibility index (Phi) is 8.56. The van der Waals surface area contributed by atoms with Gasteiger partial charge in [0.1, 0.15) is 5.78 Å². The smallest absolute Gasteiger partial charge is 0.143 e. The molecule has 1 heterocycles. The summed E-state index contributed by atoms with van der Waals surface area (Å²) in [5.74, 6) is 0.332. The average molecular weight is 541 g/mol. The third-order valence-corrected chi connectivity index (χ3v) is 6.03. The molecule has 0 saturated carbocycles. The number of piperazine rings is 1. The van der Waals surface area contributed by atoms with Crippen molar-refractivity contribution in [1.82, 2.24) is 9.80 Å². The van der Waals surface area contributed by atoms with E-state index in [1.165, 1.54) is 11.3 Å². The third-order valence-electron chi connectivity index (χ3n) is 4.22. The summed E-state index contributed by atoms with van der Waals surface area (Å²) < 4.78 is 1.74. The third kappa shape index (κ3) is 6.47. The second-order valence-corrected chi connectivity index (χ2v) is 7.50. The first-order valence-corrected chi connectivity index (χ1v) is 11.1. The number of Topliss-reactive ketones (excluding diaryl/α,β-unsaturated/α-hetero) is 1. The van der Waals surface area contributed by atoms with Crippen LogP contribution < -0.4 is 4.90 Å². The number of carbonyl (C=O) groups excluding carboxylic acids is 1. The lowest BCUT2D eigenvalue weighted by Crippen LogP contribution is -2.45. The highest BCUT2D eigenvalue weighted by atomic mass is 127. The summed E-state index contributed by atoms with van der Waals surface area (Å²) >= 11 is 4.57. The number of hydrogen-bond acceptors (Lipinski definition) is 4. The van der Waals surface area contributed by atoms with Gasteiger partial charge in [0.2, 0.25) is 0 Å². The maximum Gasteiger partial charge on any atom is 0.143 e. The van der Waals surface area contributed by atoms with E-state index in [2.05, 4.69) is 91.2 Å². The van der Waals surface area contributed by atoms with Crippen LogP contribution in [0.5, 0.6) is 0 Å². The molecule has 23 heavy (non-hydrogen) atoms. The first-order chi connectivity index (χ1) is 11.1. The molecular weight excluding hydrogens is 516 g/mol. The summed E-state index contributed by atoms with van der Waals surface area (Å²) in [6, 6.07) is 8.91. The van der Waals surface area contributed by atoms with Crippen LogP contribution in [0.3, 0.4) is 0 Å². The predicted molar refractivity (Wildman–Crippen MR) is 114 cm³/mol. The molecule has 0 bridgehead atoms. The van der Waals surface area contributed by atoms with Crippen molar-refractivity contribution in [3.05, 3.63) is 29.8 Å². The van der Waals surface area contributed by atoms with Crippen molar-refractivity contribution in [3.8, 4) is 0 Å². The molecule has 4 nitrogen and oxygen atoms in total. The van der Waals surface area contributed by atoms with Crippen LogP contribution in [0, 0.1) is 0 Å². The fourth-order valence-corrected chi connectivity index (χ4v) is 3.77. The second kappa shape index (κ2) is 10.1. The SMILES string of the molecule is CN(CCC(=O)CI)Cc1ccc(N2CCN(CI)CC2)cc1. The summed E-state index contributed by atoms with van der Waals surface area (Å²) in [5.41, 5.74) is 2.63. The molecular formula is C17H25I2N3O. The van der Waals surface area contributed by atoms with E-state index in [0.29, 0.717) is 16.6 Å². The van der Waals surface area contributed by atoms with Gasteiger partial charge in [-0.15, -0.1) is 0 Å². The van der Waals surface area contributed by atoms with E-state index in [1.54, 1.807) is 0 Å². The van der Waals surface area contributed by atoms with Crippen LogP contribution in [0.4, 0.5) is 5.69 Å². The molecule has 0 aliphatic carbocycles. The Labute approximate surface area is 166 Å². The molecule has 1 aliphatic rings. The standard InChI is InChI=1S/C17H25I2N3O/c1-20(7-6-17(23)12-18)13-15-2-4-16(5-3-15)22-10-8-21(14-19)9-11-22/h2-5H,6-14H2,1H3. The van der Waals surface area contributed by atoms with E-state index in [9.17, 15) is 4.79 Å². The maximum atomic E-state index is 11.4. The van der Waals surface area contributed by atoms with E-state index in [-0.39, 0.29) is 0 Å². The highest BCUT2D eigenvalue weighted by molar-refractivity contribution is 14.1. The van der Waals surface area contributed by atoms with E-state index < -0.39 is 0 Å². The van der Waals surface area contributed by atoms with E-state index >= 15 is 0 Å². The molecule has 128 valence electrons. The van der Waals surface area contributed by atoms with E-state index in [0.717, 1.165) is 43.8 Å². The Morgan fingerprint density at radius 1 is 1.13 bits per heavy atom. The zero-order valence-electron chi connectivity index (χ0n) is 13.7. The van der Waals surface area contributed by atoms with Crippen LogP contribution in [0.15, 0.2) is 24.3 Å². The average Bonchev–Trinajstić information content (AvgIpc) is 2.60. The lowest BCUT2D eigenvalue weighted by atomic mass is 10.1. The van der Waals surface area contributed by atoms with Crippen molar-refractivity contribution in [2.75, 3.05) is 53.7 Å². The monoisotopic (exact) mass is 541 g/mol. The number of ketones is 1. The van der Waals surface area contributed by atoms with Gasteiger partial charge >= 0.3 is 0 Å². The summed E-state index contributed by atoms with van der Waals surface area (Å²) in [5, 5.41) is 0. The molecule has 0 N–H and O–H groups in total. The molecule has 0 amide bonds. The summed E-state index contributed by atoms with van der Waals surface area (Å²) in [6.07, 6.45) is 0.651. The summed E-state index contributed by atoms with van der Waals surface area (Å²) in [6.45, 7) is 6.26. The molecule has 0 atom stereocenters. The van der Waals surface area contributed by atoms with Gasteiger partial charge in [-0.1, -0.05) is 57.3 Å².